The van der Waals surface area contributed by atoms with Crippen molar-refractivity contribution in [3.05, 3.63) is 0 Å². The van der Waals surface area contributed by atoms with Crippen LogP contribution in [0.25, 0.3) is 0 Å². The summed E-state index contributed by atoms with van der Waals surface area (Å²) in [4.78, 5) is 0. The summed E-state index contributed by atoms with van der Waals surface area (Å²) in [6.45, 7) is 0. The first kappa shape index (κ1) is 5.53. The molecule has 0 aromatic heterocycles. The average Bonchev–Trinajstić information content (AvgIpc) is 1.84. The van der Waals surface area contributed by atoms with E-state index in [1.54, 1.807) is 0 Å². The summed E-state index contributed by atoms with van der Waals surface area (Å²) < 4.78 is 0. The SMILES string of the molecule is N[C@@]1([SiH3])CC[SiH2]C1. The van der Waals surface area contributed by atoms with Crippen LogP contribution in [0.1, 0.15) is 6.42 Å². The summed E-state index contributed by atoms with van der Waals surface area (Å²) >= 11 is 0. The largest absolute Gasteiger partial charge is 0.329 e. The third-order valence-electron chi connectivity index (χ3n) is 1.75. The normalized spacial score (nSPS) is 45.9. The van der Waals surface area contributed by atoms with E-state index in [2.05, 4.69) is 0 Å². The molecule has 0 aromatic rings. The molecule has 0 aliphatic carbocycles. The number of hydrogen-bond donors (Lipinski definition) is 1. The van der Waals surface area contributed by atoms with Gasteiger partial charge in [-0.3, -0.25) is 0 Å². The Morgan fingerprint density at radius 1 is 1.71 bits per heavy atom. The van der Waals surface area contributed by atoms with Gasteiger partial charge in [0, 0.05) is 19.8 Å². The maximum atomic E-state index is 5.87. The van der Waals surface area contributed by atoms with Crippen molar-refractivity contribution in [2.45, 2.75) is 23.7 Å². The summed E-state index contributed by atoms with van der Waals surface area (Å²) in [6.07, 6.45) is 1.35. The third kappa shape index (κ3) is 1.40. The summed E-state index contributed by atoms with van der Waals surface area (Å²) in [5.41, 5.74) is 5.87. The predicted molar refractivity (Wildman–Crippen MR) is 39.6 cm³/mol. The van der Waals surface area contributed by atoms with E-state index in [0.29, 0.717) is 14.7 Å². The van der Waals surface area contributed by atoms with Gasteiger partial charge in [0.15, 0.2) is 0 Å². The zero-order valence-electron chi connectivity index (χ0n) is 4.91. The molecule has 0 unspecified atom stereocenters. The Labute approximate surface area is 49.9 Å². The second-order valence-electron chi connectivity index (χ2n) is 2.86. The molecule has 1 heterocycles. The minimum absolute atomic E-state index is 0.349. The van der Waals surface area contributed by atoms with Gasteiger partial charge in [-0.15, -0.1) is 0 Å². The Balaban J connectivity index is 2.40. The van der Waals surface area contributed by atoms with Crippen LogP contribution in [-0.4, -0.2) is 24.9 Å². The van der Waals surface area contributed by atoms with Crippen LogP contribution in [0.4, 0.5) is 0 Å². The van der Waals surface area contributed by atoms with Gasteiger partial charge in [0.2, 0.25) is 0 Å². The van der Waals surface area contributed by atoms with Gasteiger partial charge in [0.25, 0.3) is 0 Å². The summed E-state index contributed by atoms with van der Waals surface area (Å²) in [6, 6.07) is 2.94. The average molecular weight is 131 g/mol. The standard InChI is InChI=1S/C4H13NSi2/c5-4(6)1-2-7-3-4/h1-3,5,7H2,6H3/t4-/m1/s1. The molecule has 0 saturated carbocycles. The van der Waals surface area contributed by atoms with Crippen LogP contribution >= 0.6 is 0 Å². The lowest BCUT2D eigenvalue weighted by Gasteiger charge is -2.14. The first-order valence-electron chi connectivity index (χ1n) is 3.00. The molecule has 42 valence electrons. The van der Waals surface area contributed by atoms with E-state index in [4.69, 9.17) is 5.73 Å². The molecule has 7 heavy (non-hydrogen) atoms. The van der Waals surface area contributed by atoms with Gasteiger partial charge in [-0.2, -0.15) is 0 Å². The quantitative estimate of drug-likeness (QED) is 0.394. The Kier molecular flexibility index (Phi) is 1.36. The van der Waals surface area contributed by atoms with Crippen molar-refractivity contribution < 1.29 is 0 Å². The zero-order chi connectivity index (χ0) is 5.33. The summed E-state index contributed by atoms with van der Waals surface area (Å²) in [5.74, 6) is 0. The molecule has 0 spiro atoms. The predicted octanol–water partition coefficient (Wildman–Crippen LogP) is -1.58. The highest BCUT2D eigenvalue weighted by molar-refractivity contribution is 6.40. The molecule has 3 heteroatoms. The molecular weight excluding hydrogens is 118 g/mol. The fourth-order valence-corrected chi connectivity index (χ4v) is 5.67. The van der Waals surface area contributed by atoms with Crippen molar-refractivity contribution in [1.29, 1.82) is 0 Å². The highest BCUT2D eigenvalue weighted by Crippen LogP contribution is 2.18. The maximum Gasteiger partial charge on any atom is 0.0274 e. The zero-order valence-corrected chi connectivity index (χ0v) is 8.32. The monoisotopic (exact) mass is 131 g/mol. The van der Waals surface area contributed by atoms with Crippen molar-refractivity contribution in [2.24, 2.45) is 5.73 Å². The van der Waals surface area contributed by atoms with Crippen LogP contribution in [0, 0.1) is 0 Å². The van der Waals surface area contributed by atoms with Crippen LogP contribution in [0.5, 0.6) is 0 Å². The molecule has 0 aromatic carbocycles. The molecular formula is C4H13NSi2. The highest BCUT2D eigenvalue weighted by Gasteiger charge is 2.22. The molecule has 1 atom stereocenters. The Morgan fingerprint density at radius 2 is 2.43 bits per heavy atom. The molecule has 1 aliphatic rings. The molecule has 1 nitrogen and oxygen atoms in total. The second-order valence-corrected chi connectivity index (χ2v) is 6.77. The Hall–Kier alpha value is 0.394. The van der Waals surface area contributed by atoms with Gasteiger partial charge in [0.1, 0.15) is 0 Å². The van der Waals surface area contributed by atoms with E-state index in [9.17, 15) is 0 Å². The number of nitrogens with two attached hydrogens (primary N) is 1. The topological polar surface area (TPSA) is 26.0 Å². The van der Waals surface area contributed by atoms with Gasteiger partial charge in [0.05, 0.1) is 0 Å². The van der Waals surface area contributed by atoms with E-state index in [1.165, 1.54) is 28.8 Å². The van der Waals surface area contributed by atoms with Crippen LogP contribution in [0.3, 0.4) is 0 Å². The maximum absolute atomic E-state index is 5.87. The summed E-state index contributed by atoms with van der Waals surface area (Å²) in [5, 5.41) is 0.395. The smallest absolute Gasteiger partial charge is 0.0274 e. The lowest BCUT2D eigenvalue weighted by atomic mass is 10.3. The van der Waals surface area contributed by atoms with Crippen LogP contribution < -0.4 is 5.73 Å². The number of hydrogen-bond acceptors (Lipinski definition) is 1. The van der Waals surface area contributed by atoms with Crippen molar-refractivity contribution in [3.63, 3.8) is 0 Å². The lowest BCUT2D eigenvalue weighted by molar-refractivity contribution is 0.667. The third-order valence-corrected chi connectivity index (χ3v) is 6.10. The highest BCUT2D eigenvalue weighted by atomic mass is 28.2. The van der Waals surface area contributed by atoms with Gasteiger partial charge in [-0.25, -0.2) is 0 Å². The van der Waals surface area contributed by atoms with E-state index in [-0.39, 0.29) is 0 Å². The minimum Gasteiger partial charge on any atom is -0.329 e. The Bertz CT molecular complexity index is 64.1. The van der Waals surface area contributed by atoms with Crippen LogP contribution in [-0.2, 0) is 0 Å². The van der Waals surface area contributed by atoms with Crippen LogP contribution in [0.15, 0.2) is 0 Å². The molecule has 0 radical (unpaired) electrons. The molecule has 2 N–H and O–H groups in total. The first-order chi connectivity index (χ1) is 3.21. The van der Waals surface area contributed by atoms with Crippen molar-refractivity contribution in [2.75, 3.05) is 0 Å². The Morgan fingerprint density at radius 3 is 2.57 bits per heavy atom. The molecule has 1 aliphatic heterocycles. The molecule has 1 rings (SSSR count). The second kappa shape index (κ2) is 1.72. The van der Waals surface area contributed by atoms with Crippen molar-refractivity contribution in [1.82, 2.24) is 0 Å². The van der Waals surface area contributed by atoms with E-state index >= 15 is 0 Å². The fraction of sp³-hybridized carbons (Fsp3) is 1.00. The van der Waals surface area contributed by atoms with Gasteiger partial charge >= 0.3 is 0 Å². The van der Waals surface area contributed by atoms with Crippen LogP contribution in [0.2, 0.25) is 12.1 Å². The molecule has 0 bridgehead atoms. The summed E-state index contributed by atoms with van der Waals surface area (Å²) in [7, 11) is 1.57. The van der Waals surface area contributed by atoms with Gasteiger partial charge in [-0.1, -0.05) is 6.04 Å². The van der Waals surface area contributed by atoms with E-state index in [1.807, 2.05) is 0 Å². The molecule has 0 amide bonds. The van der Waals surface area contributed by atoms with Crippen molar-refractivity contribution >= 4 is 19.8 Å². The number of rotatable bonds is 0. The first-order valence-corrected chi connectivity index (χ1v) is 6.00. The van der Waals surface area contributed by atoms with E-state index < -0.39 is 0 Å². The van der Waals surface area contributed by atoms with Gasteiger partial charge < -0.3 is 5.73 Å². The van der Waals surface area contributed by atoms with Crippen molar-refractivity contribution in [3.8, 4) is 0 Å². The molecule has 1 saturated heterocycles. The molecule has 1 fully saturated rings. The minimum atomic E-state index is 0.349. The van der Waals surface area contributed by atoms with E-state index in [0.717, 1.165) is 0 Å². The van der Waals surface area contributed by atoms with Gasteiger partial charge in [-0.05, 0) is 17.6 Å². The lowest BCUT2D eigenvalue weighted by Crippen LogP contribution is -2.36. The fourth-order valence-electron chi connectivity index (χ4n) is 1.18.